The number of rotatable bonds is 3. The Labute approximate surface area is 128 Å². The average molecular weight is 315 g/mol. The maximum Gasteiger partial charge on any atom is 0.328 e. The van der Waals surface area contributed by atoms with Crippen LogP contribution in [0.25, 0.3) is 0 Å². The Balaban J connectivity index is 2.32. The van der Waals surface area contributed by atoms with Gasteiger partial charge in [0.15, 0.2) is 0 Å². The van der Waals surface area contributed by atoms with Crippen molar-refractivity contribution in [3.05, 3.63) is 28.2 Å². The van der Waals surface area contributed by atoms with Gasteiger partial charge in [0, 0.05) is 16.6 Å². The van der Waals surface area contributed by atoms with Crippen LogP contribution in [0, 0.1) is 11.8 Å². The van der Waals surface area contributed by atoms with Gasteiger partial charge in [0.2, 0.25) is 5.91 Å². The Morgan fingerprint density at radius 2 is 1.85 bits per heavy atom. The zero-order valence-electron chi connectivity index (χ0n) is 11.3. The first kappa shape index (κ1) is 15.1. The van der Waals surface area contributed by atoms with E-state index in [-0.39, 0.29) is 11.8 Å². The second-order valence-electron chi connectivity index (χ2n) is 5.31. The van der Waals surface area contributed by atoms with Crippen molar-refractivity contribution in [3.63, 3.8) is 0 Å². The standard InChI is InChI=1S/C14H16Cl2N2O2/c1-8(2)3-9-7-17-14(20)18(13(9)19)12-5-10(15)4-11(16)6-12/h4-6,8-9H,3,7H2,1-2H3,(H,17,20). The molecule has 1 unspecified atom stereocenters. The van der Waals surface area contributed by atoms with Crippen LogP contribution in [-0.2, 0) is 4.79 Å². The molecule has 1 aliphatic heterocycles. The van der Waals surface area contributed by atoms with Crippen LogP contribution in [0.1, 0.15) is 20.3 Å². The molecule has 3 amide bonds. The van der Waals surface area contributed by atoms with Gasteiger partial charge >= 0.3 is 6.03 Å². The van der Waals surface area contributed by atoms with Crippen molar-refractivity contribution in [2.24, 2.45) is 11.8 Å². The quantitative estimate of drug-likeness (QED) is 0.924. The van der Waals surface area contributed by atoms with Gasteiger partial charge in [0.25, 0.3) is 0 Å². The second kappa shape index (κ2) is 6.02. The number of carbonyl (C=O) groups is 2. The van der Waals surface area contributed by atoms with Crippen LogP contribution >= 0.6 is 23.2 Å². The molecule has 0 aromatic heterocycles. The van der Waals surface area contributed by atoms with E-state index in [2.05, 4.69) is 5.32 Å². The zero-order valence-corrected chi connectivity index (χ0v) is 12.8. The number of imide groups is 1. The Hall–Kier alpha value is -1.26. The number of benzene rings is 1. The maximum absolute atomic E-state index is 12.5. The fraction of sp³-hybridized carbons (Fsp3) is 0.429. The van der Waals surface area contributed by atoms with Gasteiger partial charge in [-0.2, -0.15) is 0 Å². The smallest absolute Gasteiger partial charge is 0.328 e. The predicted molar refractivity (Wildman–Crippen MR) is 80.3 cm³/mol. The summed E-state index contributed by atoms with van der Waals surface area (Å²) in [6.45, 7) is 4.47. The third kappa shape index (κ3) is 3.25. The Kier molecular flexibility index (Phi) is 4.55. The summed E-state index contributed by atoms with van der Waals surface area (Å²) < 4.78 is 0. The van der Waals surface area contributed by atoms with Gasteiger partial charge in [-0.3, -0.25) is 4.79 Å². The van der Waals surface area contributed by atoms with E-state index in [9.17, 15) is 9.59 Å². The molecule has 1 N–H and O–H groups in total. The van der Waals surface area contributed by atoms with E-state index >= 15 is 0 Å². The third-order valence-electron chi connectivity index (χ3n) is 3.13. The zero-order chi connectivity index (χ0) is 14.9. The molecule has 1 saturated heterocycles. The highest BCUT2D eigenvalue weighted by Crippen LogP contribution is 2.29. The van der Waals surface area contributed by atoms with Crippen LogP contribution in [0.3, 0.4) is 0 Å². The number of hydrogen-bond donors (Lipinski definition) is 1. The van der Waals surface area contributed by atoms with E-state index in [1.165, 1.54) is 0 Å². The van der Waals surface area contributed by atoms with Crippen molar-refractivity contribution in [2.45, 2.75) is 20.3 Å². The number of carbonyl (C=O) groups excluding carboxylic acids is 2. The number of amides is 3. The number of nitrogens with zero attached hydrogens (tertiary/aromatic N) is 1. The highest BCUT2D eigenvalue weighted by Gasteiger charge is 2.35. The van der Waals surface area contributed by atoms with Crippen molar-refractivity contribution >= 4 is 40.8 Å². The Morgan fingerprint density at radius 3 is 2.40 bits per heavy atom. The minimum atomic E-state index is -0.437. The maximum atomic E-state index is 12.5. The molecule has 1 heterocycles. The number of halogens is 2. The van der Waals surface area contributed by atoms with Gasteiger partial charge in [0.1, 0.15) is 0 Å². The van der Waals surface area contributed by atoms with Crippen molar-refractivity contribution in [2.75, 3.05) is 11.4 Å². The Bertz CT molecular complexity index is 526. The van der Waals surface area contributed by atoms with E-state index in [0.717, 1.165) is 11.3 Å². The minimum Gasteiger partial charge on any atom is -0.337 e. The molecule has 0 radical (unpaired) electrons. The molecule has 1 aliphatic rings. The molecule has 0 bridgehead atoms. The average Bonchev–Trinajstić information content (AvgIpc) is 2.31. The fourth-order valence-electron chi connectivity index (χ4n) is 2.33. The molecule has 1 atom stereocenters. The van der Waals surface area contributed by atoms with Gasteiger partial charge in [-0.25, -0.2) is 9.69 Å². The molecule has 1 fully saturated rings. The molecule has 0 spiro atoms. The summed E-state index contributed by atoms with van der Waals surface area (Å²) in [5.74, 6) is -0.0463. The molecule has 4 nitrogen and oxygen atoms in total. The van der Waals surface area contributed by atoms with Gasteiger partial charge in [-0.05, 0) is 30.5 Å². The highest BCUT2D eigenvalue weighted by molar-refractivity contribution is 6.35. The van der Waals surface area contributed by atoms with Crippen molar-refractivity contribution in [3.8, 4) is 0 Å². The van der Waals surface area contributed by atoms with E-state index in [4.69, 9.17) is 23.2 Å². The summed E-state index contributed by atoms with van der Waals surface area (Å²) in [4.78, 5) is 25.6. The van der Waals surface area contributed by atoms with Crippen LogP contribution in [0.15, 0.2) is 18.2 Å². The summed E-state index contributed by atoms with van der Waals surface area (Å²) in [7, 11) is 0. The van der Waals surface area contributed by atoms with E-state index < -0.39 is 6.03 Å². The molecular formula is C14H16Cl2N2O2. The summed E-state index contributed by atoms with van der Waals surface area (Å²) in [5, 5.41) is 3.51. The van der Waals surface area contributed by atoms with Crippen LogP contribution < -0.4 is 10.2 Å². The molecule has 108 valence electrons. The fourth-order valence-corrected chi connectivity index (χ4v) is 2.84. The first-order valence-corrected chi connectivity index (χ1v) is 7.22. The second-order valence-corrected chi connectivity index (χ2v) is 6.19. The normalized spacial score (nSPS) is 19.4. The summed E-state index contributed by atoms with van der Waals surface area (Å²) in [5.41, 5.74) is 0.401. The summed E-state index contributed by atoms with van der Waals surface area (Å²) >= 11 is 11.9. The van der Waals surface area contributed by atoms with Crippen LogP contribution in [0.4, 0.5) is 10.5 Å². The number of hydrogen-bond acceptors (Lipinski definition) is 2. The largest absolute Gasteiger partial charge is 0.337 e. The lowest BCUT2D eigenvalue weighted by Crippen LogP contribution is -2.55. The molecule has 2 rings (SSSR count). The van der Waals surface area contributed by atoms with E-state index in [1.54, 1.807) is 18.2 Å². The lowest BCUT2D eigenvalue weighted by atomic mass is 9.94. The minimum absolute atomic E-state index is 0.208. The van der Waals surface area contributed by atoms with E-state index in [0.29, 0.717) is 28.2 Å². The molecule has 1 aromatic carbocycles. The highest BCUT2D eigenvalue weighted by atomic mass is 35.5. The van der Waals surface area contributed by atoms with Crippen molar-refractivity contribution in [1.29, 1.82) is 0 Å². The van der Waals surface area contributed by atoms with E-state index in [1.807, 2.05) is 13.8 Å². The third-order valence-corrected chi connectivity index (χ3v) is 3.57. The first-order chi connectivity index (χ1) is 9.38. The SMILES string of the molecule is CC(C)CC1CNC(=O)N(c2cc(Cl)cc(Cl)c2)C1=O. The number of nitrogens with one attached hydrogen (secondary N) is 1. The number of urea groups is 1. The van der Waals surface area contributed by atoms with Crippen LogP contribution in [-0.4, -0.2) is 18.5 Å². The van der Waals surface area contributed by atoms with Gasteiger partial charge in [-0.1, -0.05) is 37.0 Å². The van der Waals surface area contributed by atoms with Gasteiger partial charge < -0.3 is 5.32 Å². The molecule has 20 heavy (non-hydrogen) atoms. The van der Waals surface area contributed by atoms with Gasteiger partial charge in [-0.15, -0.1) is 0 Å². The molecule has 0 saturated carbocycles. The summed E-state index contributed by atoms with van der Waals surface area (Å²) in [6.07, 6.45) is 0.726. The lowest BCUT2D eigenvalue weighted by Gasteiger charge is -2.32. The van der Waals surface area contributed by atoms with Crippen molar-refractivity contribution in [1.82, 2.24) is 5.32 Å². The molecular weight excluding hydrogens is 299 g/mol. The molecule has 1 aromatic rings. The number of anilines is 1. The van der Waals surface area contributed by atoms with Crippen LogP contribution in [0.2, 0.25) is 10.0 Å². The predicted octanol–water partition coefficient (Wildman–Crippen LogP) is 3.71. The summed E-state index contributed by atoms with van der Waals surface area (Å²) in [6, 6.07) is 4.24. The first-order valence-electron chi connectivity index (χ1n) is 6.46. The molecule has 6 heteroatoms. The molecule has 0 aliphatic carbocycles. The topological polar surface area (TPSA) is 49.4 Å². The van der Waals surface area contributed by atoms with Crippen LogP contribution in [0.5, 0.6) is 0 Å². The monoisotopic (exact) mass is 314 g/mol. The van der Waals surface area contributed by atoms with Gasteiger partial charge in [0.05, 0.1) is 11.6 Å². The van der Waals surface area contributed by atoms with Crippen molar-refractivity contribution < 1.29 is 9.59 Å². The Morgan fingerprint density at radius 1 is 1.25 bits per heavy atom. The lowest BCUT2D eigenvalue weighted by molar-refractivity contribution is -0.122.